The van der Waals surface area contributed by atoms with Crippen molar-refractivity contribution in [1.82, 2.24) is 5.32 Å². The van der Waals surface area contributed by atoms with Crippen molar-refractivity contribution in [3.8, 4) is 0 Å². The first-order chi connectivity index (χ1) is 14.7. The SMILES string of the molecule is CC(=CC(=O)Nc1cc(C(=O)NC(C)C)ccc1C(=O)O)c1ccc2ccccc2c1. The fourth-order valence-corrected chi connectivity index (χ4v) is 3.20. The molecule has 0 atom stereocenters. The van der Waals surface area contributed by atoms with E-state index in [2.05, 4.69) is 10.6 Å². The topological polar surface area (TPSA) is 95.5 Å². The molecule has 0 aliphatic heterocycles. The molecule has 0 heterocycles. The van der Waals surface area contributed by atoms with E-state index >= 15 is 0 Å². The Balaban J connectivity index is 1.86. The molecule has 0 fully saturated rings. The summed E-state index contributed by atoms with van der Waals surface area (Å²) in [5.74, 6) is -2.01. The van der Waals surface area contributed by atoms with Gasteiger partial charge in [0.05, 0.1) is 11.3 Å². The molecule has 31 heavy (non-hydrogen) atoms. The summed E-state index contributed by atoms with van der Waals surface area (Å²) < 4.78 is 0. The lowest BCUT2D eigenvalue weighted by Crippen LogP contribution is -2.30. The van der Waals surface area contributed by atoms with Gasteiger partial charge in [0.2, 0.25) is 5.91 Å². The summed E-state index contributed by atoms with van der Waals surface area (Å²) in [6.45, 7) is 5.47. The molecule has 0 aromatic heterocycles. The molecule has 0 saturated carbocycles. The van der Waals surface area contributed by atoms with Gasteiger partial charge >= 0.3 is 5.97 Å². The minimum Gasteiger partial charge on any atom is -0.478 e. The molecule has 3 rings (SSSR count). The number of fused-ring (bicyclic) bond motifs is 1. The Morgan fingerprint density at radius 3 is 2.26 bits per heavy atom. The summed E-state index contributed by atoms with van der Waals surface area (Å²) in [5, 5.41) is 17.0. The van der Waals surface area contributed by atoms with Crippen LogP contribution in [0.5, 0.6) is 0 Å². The fraction of sp³-hybridized carbons (Fsp3) is 0.160. The smallest absolute Gasteiger partial charge is 0.337 e. The van der Waals surface area contributed by atoms with E-state index in [0.717, 1.165) is 21.9 Å². The summed E-state index contributed by atoms with van der Waals surface area (Å²) in [6.07, 6.45) is 1.41. The lowest BCUT2D eigenvalue weighted by molar-refractivity contribution is -0.111. The van der Waals surface area contributed by atoms with E-state index in [4.69, 9.17) is 0 Å². The number of hydrogen-bond donors (Lipinski definition) is 3. The average Bonchev–Trinajstić information content (AvgIpc) is 2.72. The lowest BCUT2D eigenvalue weighted by Gasteiger charge is -2.12. The number of carbonyl (C=O) groups excluding carboxylic acids is 2. The van der Waals surface area contributed by atoms with Crippen LogP contribution in [0.1, 0.15) is 47.1 Å². The predicted octanol–water partition coefficient (Wildman–Crippen LogP) is 4.72. The molecule has 0 bridgehead atoms. The number of carbonyl (C=O) groups is 3. The van der Waals surface area contributed by atoms with Gasteiger partial charge in [-0.2, -0.15) is 0 Å². The van der Waals surface area contributed by atoms with Gasteiger partial charge in [-0.3, -0.25) is 9.59 Å². The highest BCUT2D eigenvalue weighted by atomic mass is 16.4. The van der Waals surface area contributed by atoms with Gasteiger partial charge in [-0.05, 0) is 66.9 Å². The minimum atomic E-state index is -1.19. The zero-order chi connectivity index (χ0) is 22.5. The van der Waals surface area contributed by atoms with Crippen molar-refractivity contribution >= 4 is 39.8 Å². The molecule has 0 spiro atoms. The second-order valence-electron chi connectivity index (χ2n) is 7.57. The normalized spacial score (nSPS) is 11.4. The summed E-state index contributed by atoms with van der Waals surface area (Å²) >= 11 is 0. The maximum Gasteiger partial charge on any atom is 0.337 e. The third kappa shape index (κ3) is 5.36. The van der Waals surface area contributed by atoms with Crippen molar-refractivity contribution in [2.24, 2.45) is 0 Å². The number of carboxylic acids is 1. The van der Waals surface area contributed by atoms with Gasteiger partial charge < -0.3 is 15.7 Å². The van der Waals surface area contributed by atoms with Crippen molar-refractivity contribution in [2.75, 3.05) is 5.32 Å². The van der Waals surface area contributed by atoms with E-state index in [-0.39, 0.29) is 28.8 Å². The molecule has 0 aliphatic rings. The average molecular weight is 416 g/mol. The number of amides is 2. The minimum absolute atomic E-state index is 0.0662. The molecule has 158 valence electrons. The van der Waals surface area contributed by atoms with Crippen molar-refractivity contribution < 1.29 is 19.5 Å². The zero-order valence-electron chi connectivity index (χ0n) is 17.6. The monoisotopic (exact) mass is 416 g/mol. The molecule has 3 N–H and O–H groups in total. The van der Waals surface area contributed by atoms with Gasteiger partial charge in [-0.15, -0.1) is 0 Å². The molecule has 6 heteroatoms. The summed E-state index contributed by atoms with van der Waals surface area (Å²) in [6, 6.07) is 17.9. The molecule has 6 nitrogen and oxygen atoms in total. The highest BCUT2D eigenvalue weighted by Crippen LogP contribution is 2.22. The third-order valence-electron chi connectivity index (χ3n) is 4.74. The molecule has 0 saturated heterocycles. The molecule has 3 aromatic rings. The molecule has 0 unspecified atom stereocenters. The fourth-order valence-electron chi connectivity index (χ4n) is 3.20. The molecule has 2 amide bonds. The van der Waals surface area contributed by atoms with Gasteiger partial charge in [0.15, 0.2) is 0 Å². The Labute approximate surface area is 180 Å². The lowest BCUT2D eigenvalue weighted by atomic mass is 10.0. The van der Waals surface area contributed by atoms with Crippen molar-refractivity contribution in [3.05, 3.63) is 83.4 Å². The van der Waals surface area contributed by atoms with E-state index in [1.807, 2.05) is 63.2 Å². The van der Waals surface area contributed by atoms with E-state index < -0.39 is 11.9 Å². The van der Waals surface area contributed by atoms with Crippen LogP contribution in [0.15, 0.2) is 66.7 Å². The Morgan fingerprint density at radius 1 is 0.903 bits per heavy atom. The van der Waals surface area contributed by atoms with Crippen LogP contribution in [0, 0.1) is 0 Å². The highest BCUT2D eigenvalue weighted by Gasteiger charge is 2.16. The first kappa shape index (κ1) is 21.8. The van der Waals surface area contributed by atoms with Gasteiger partial charge in [-0.25, -0.2) is 4.79 Å². The number of benzene rings is 3. The number of anilines is 1. The van der Waals surface area contributed by atoms with E-state index in [1.165, 1.54) is 24.3 Å². The Morgan fingerprint density at radius 2 is 1.58 bits per heavy atom. The summed E-state index contributed by atoms with van der Waals surface area (Å²) in [4.78, 5) is 36.4. The first-order valence-corrected chi connectivity index (χ1v) is 9.91. The molecule has 0 aliphatic carbocycles. The van der Waals surface area contributed by atoms with Crippen LogP contribution < -0.4 is 10.6 Å². The second kappa shape index (κ2) is 9.26. The number of hydrogen-bond acceptors (Lipinski definition) is 3. The van der Waals surface area contributed by atoms with E-state index in [1.54, 1.807) is 0 Å². The van der Waals surface area contributed by atoms with Crippen LogP contribution in [0.4, 0.5) is 5.69 Å². The van der Waals surface area contributed by atoms with Crippen LogP contribution in [0.2, 0.25) is 0 Å². The maximum absolute atomic E-state index is 12.6. The molecular weight excluding hydrogens is 392 g/mol. The summed E-state index contributed by atoms with van der Waals surface area (Å²) in [5.41, 5.74) is 1.86. The molecule has 0 radical (unpaired) electrons. The van der Waals surface area contributed by atoms with E-state index in [9.17, 15) is 19.5 Å². The standard InChI is InChI=1S/C25H24N2O4/c1-15(2)26-24(29)20-10-11-21(25(30)31)22(14-20)27-23(28)12-16(3)18-9-8-17-6-4-5-7-19(17)13-18/h4-15H,1-3H3,(H,26,29)(H,27,28)(H,30,31). The Hall–Kier alpha value is -3.93. The number of aromatic carboxylic acids is 1. The highest BCUT2D eigenvalue weighted by molar-refractivity contribution is 6.08. The predicted molar refractivity (Wildman–Crippen MR) is 122 cm³/mol. The van der Waals surface area contributed by atoms with Crippen molar-refractivity contribution in [3.63, 3.8) is 0 Å². The van der Waals surface area contributed by atoms with Gasteiger partial charge in [0.25, 0.3) is 5.91 Å². The van der Waals surface area contributed by atoms with Gasteiger partial charge in [-0.1, -0.05) is 36.4 Å². The first-order valence-electron chi connectivity index (χ1n) is 9.91. The van der Waals surface area contributed by atoms with Crippen LogP contribution in [-0.2, 0) is 4.79 Å². The van der Waals surface area contributed by atoms with Crippen molar-refractivity contribution in [1.29, 1.82) is 0 Å². The second-order valence-corrected chi connectivity index (χ2v) is 7.57. The Kier molecular flexibility index (Phi) is 6.50. The third-order valence-corrected chi connectivity index (χ3v) is 4.74. The number of allylic oxidation sites excluding steroid dienone is 1. The van der Waals surface area contributed by atoms with Gasteiger partial charge in [0.1, 0.15) is 0 Å². The van der Waals surface area contributed by atoms with Crippen molar-refractivity contribution in [2.45, 2.75) is 26.8 Å². The van der Waals surface area contributed by atoms with Crippen LogP contribution in [0.25, 0.3) is 16.3 Å². The number of carboxylic acid groups (broad SMARTS) is 1. The molecular formula is C25H24N2O4. The zero-order valence-corrected chi connectivity index (χ0v) is 17.6. The van der Waals surface area contributed by atoms with Gasteiger partial charge in [0, 0.05) is 17.7 Å². The Bertz CT molecular complexity index is 1200. The van der Waals surface area contributed by atoms with Crippen LogP contribution in [0.3, 0.4) is 0 Å². The van der Waals surface area contributed by atoms with E-state index in [0.29, 0.717) is 0 Å². The quantitative estimate of drug-likeness (QED) is 0.507. The molecule has 3 aromatic carbocycles. The van der Waals surface area contributed by atoms with Crippen LogP contribution >= 0.6 is 0 Å². The largest absolute Gasteiger partial charge is 0.478 e. The number of rotatable bonds is 6. The number of nitrogens with one attached hydrogen (secondary N) is 2. The maximum atomic E-state index is 12.6. The summed E-state index contributed by atoms with van der Waals surface area (Å²) in [7, 11) is 0. The van der Waals surface area contributed by atoms with Crippen LogP contribution in [-0.4, -0.2) is 28.9 Å².